The van der Waals surface area contributed by atoms with Gasteiger partial charge in [0.05, 0.1) is 10.8 Å². The van der Waals surface area contributed by atoms with Crippen LogP contribution in [0.25, 0.3) is 22.4 Å². The van der Waals surface area contributed by atoms with Gasteiger partial charge in [0.1, 0.15) is 5.82 Å². The molecule has 0 spiro atoms. The highest BCUT2D eigenvalue weighted by molar-refractivity contribution is 8.00. The molecule has 27 heavy (non-hydrogen) atoms. The van der Waals surface area contributed by atoms with Crippen LogP contribution in [0, 0.1) is 12.7 Å². The number of benzene rings is 2. The van der Waals surface area contributed by atoms with Crippen molar-refractivity contribution in [1.82, 2.24) is 15.2 Å². The minimum atomic E-state index is -0.434. The molecule has 0 aliphatic carbocycles. The summed E-state index contributed by atoms with van der Waals surface area (Å²) in [5.74, 6) is -0.365. The molecule has 136 valence electrons. The lowest BCUT2D eigenvalue weighted by molar-refractivity contribution is 0.0994. The molecule has 2 aromatic heterocycles. The minimum absolute atomic E-state index is 0.0272. The largest absolute Gasteiger partial charge is 0.411 e. The molecule has 0 amide bonds. The Labute approximate surface area is 159 Å². The average molecular weight is 381 g/mol. The van der Waals surface area contributed by atoms with Gasteiger partial charge in [0, 0.05) is 22.2 Å². The molecule has 7 heteroatoms. The summed E-state index contributed by atoms with van der Waals surface area (Å²) in [6.07, 6.45) is 0. The molecule has 0 saturated heterocycles. The molecular weight excluding hydrogens is 365 g/mol. The van der Waals surface area contributed by atoms with Gasteiger partial charge in [-0.2, -0.15) is 0 Å². The molecule has 0 bridgehead atoms. The Kier molecular flexibility index (Phi) is 4.53. The summed E-state index contributed by atoms with van der Waals surface area (Å²) in [5, 5.41) is 8.53. The van der Waals surface area contributed by atoms with E-state index in [1.165, 1.54) is 6.07 Å². The van der Waals surface area contributed by atoms with Gasteiger partial charge in [0.2, 0.25) is 0 Å². The highest BCUT2D eigenvalue weighted by Gasteiger charge is 2.24. The standard InChI is InChI=1S/C20H16FN3O2S/c1-11-17(14-8-4-6-10-16(14)22-11)18(25)12(2)27-20-24-23-19(26-20)13-7-3-5-9-15(13)21/h3-10,12,22H,1-2H3/t12-/m0/s1. The van der Waals surface area contributed by atoms with E-state index in [9.17, 15) is 9.18 Å². The predicted octanol–water partition coefficient (Wildman–Crippen LogP) is 5.03. The zero-order valence-electron chi connectivity index (χ0n) is 14.7. The first kappa shape index (κ1) is 17.5. The molecule has 0 aliphatic rings. The maximum atomic E-state index is 13.9. The molecule has 5 nitrogen and oxygen atoms in total. The Bertz CT molecular complexity index is 1140. The van der Waals surface area contributed by atoms with Crippen LogP contribution < -0.4 is 0 Å². The number of nitrogens with zero attached hydrogens (tertiary/aromatic N) is 2. The van der Waals surface area contributed by atoms with E-state index in [1.54, 1.807) is 25.1 Å². The number of halogens is 1. The second-order valence-corrected chi connectivity index (χ2v) is 7.44. The summed E-state index contributed by atoms with van der Waals surface area (Å²) in [6.45, 7) is 3.68. The third kappa shape index (κ3) is 3.26. The molecule has 0 saturated carbocycles. The highest BCUT2D eigenvalue weighted by atomic mass is 32.2. The topological polar surface area (TPSA) is 71.8 Å². The molecule has 0 unspecified atom stereocenters. The Hall–Kier alpha value is -2.93. The molecule has 2 heterocycles. The Morgan fingerprint density at radius 2 is 1.89 bits per heavy atom. The quantitative estimate of drug-likeness (QED) is 0.388. The number of rotatable bonds is 5. The monoisotopic (exact) mass is 381 g/mol. The number of aromatic amines is 1. The van der Waals surface area contributed by atoms with Gasteiger partial charge < -0.3 is 9.40 Å². The van der Waals surface area contributed by atoms with Crippen molar-refractivity contribution >= 4 is 28.4 Å². The second kappa shape index (κ2) is 7.00. The number of hydrogen-bond donors (Lipinski definition) is 1. The molecular formula is C20H16FN3O2S. The van der Waals surface area contributed by atoms with E-state index in [2.05, 4.69) is 15.2 Å². The fourth-order valence-corrected chi connectivity index (χ4v) is 3.75. The van der Waals surface area contributed by atoms with E-state index in [1.807, 2.05) is 31.2 Å². The lowest BCUT2D eigenvalue weighted by Crippen LogP contribution is -2.14. The van der Waals surface area contributed by atoms with Crippen LogP contribution in [-0.4, -0.2) is 26.2 Å². The summed E-state index contributed by atoms with van der Waals surface area (Å²) in [6, 6.07) is 13.9. The molecule has 2 aromatic carbocycles. The van der Waals surface area contributed by atoms with Crippen molar-refractivity contribution in [3.8, 4) is 11.5 Å². The van der Waals surface area contributed by atoms with Crippen LogP contribution in [0.3, 0.4) is 0 Å². The average Bonchev–Trinajstić information content (AvgIpc) is 3.25. The number of thioether (sulfide) groups is 1. The van der Waals surface area contributed by atoms with E-state index >= 15 is 0 Å². The number of ketones is 1. The van der Waals surface area contributed by atoms with Gasteiger partial charge in [0.25, 0.3) is 11.1 Å². The van der Waals surface area contributed by atoms with Crippen LogP contribution in [0.15, 0.2) is 58.2 Å². The van der Waals surface area contributed by atoms with Crippen molar-refractivity contribution in [2.24, 2.45) is 0 Å². The summed E-state index contributed by atoms with van der Waals surface area (Å²) >= 11 is 1.16. The van der Waals surface area contributed by atoms with Gasteiger partial charge in [-0.15, -0.1) is 10.2 Å². The molecule has 1 atom stereocenters. The van der Waals surface area contributed by atoms with E-state index in [0.717, 1.165) is 28.4 Å². The van der Waals surface area contributed by atoms with E-state index in [4.69, 9.17) is 4.42 Å². The Balaban J connectivity index is 1.57. The van der Waals surface area contributed by atoms with Gasteiger partial charge in [-0.25, -0.2) is 4.39 Å². The fourth-order valence-electron chi connectivity index (χ4n) is 3.00. The summed E-state index contributed by atoms with van der Waals surface area (Å²) < 4.78 is 19.4. The van der Waals surface area contributed by atoms with E-state index in [-0.39, 0.29) is 22.5 Å². The lowest BCUT2D eigenvalue weighted by atomic mass is 10.1. The number of hydrogen-bond acceptors (Lipinski definition) is 5. The van der Waals surface area contributed by atoms with Crippen LogP contribution >= 0.6 is 11.8 Å². The van der Waals surface area contributed by atoms with Crippen molar-refractivity contribution in [1.29, 1.82) is 0 Å². The SMILES string of the molecule is Cc1[nH]c2ccccc2c1C(=O)[C@H](C)Sc1nnc(-c2ccccc2F)o1. The van der Waals surface area contributed by atoms with Gasteiger partial charge in [0.15, 0.2) is 5.78 Å². The fraction of sp³-hybridized carbons (Fsp3) is 0.150. The molecule has 0 fully saturated rings. The molecule has 0 aliphatic heterocycles. The van der Waals surface area contributed by atoms with Crippen LogP contribution in [0.4, 0.5) is 4.39 Å². The van der Waals surface area contributed by atoms with Crippen molar-refractivity contribution in [2.45, 2.75) is 24.3 Å². The number of fused-ring (bicyclic) bond motifs is 1. The maximum Gasteiger partial charge on any atom is 0.277 e. The van der Waals surface area contributed by atoms with Crippen molar-refractivity contribution in [2.75, 3.05) is 0 Å². The predicted molar refractivity (Wildman–Crippen MR) is 102 cm³/mol. The number of carbonyl (C=O) groups is 1. The number of carbonyl (C=O) groups excluding carboxylic acids is 1. The van der Waals surface area contributed by atoms with Gasteiger partial charge in [-0.05, 0) is 32.0 Å². The van der Waals surface area contributed by atoms with Crippen LogP contribution in [0.1, 0.15) is 23.0 Å². The van der Waals surface area contributed by atoms with Crippen LogP contribution in [-0.2, 0) is 0 Å². The number of Topliss-reactive ketones (excluding diaryl/α,β-unsaturated/α-hetero) is 1. The van der Waals surface area contributed by atoms with Crippen molar-refractivity contribution < 1.29 is 13.6 Å². The zero-order valence-corrected chi connectivity index (χ0v) is 15.5. The van der Waals surface area contributed by atoms with Gasteiger partial charge >= 0.3 is 0 Å². The molecule has 4 aromatic rings. The minimum Gasteiger partial charge on any atom is -0.411 e. The first-order chi connectivity index (χ1) is 13.0. The molecule has 0 radical (unpaired) electrons. The maximum absolute atomic E-state index is 13.9. The summed E-state index contributed by atoms with van der Waals surface area (Å²) in [4.78, 5) is 16.2. The molecule has 4 rings (SSSR count). The normalized spacial score (nSPS) is 12.4. The second-order valence-electron chi connectivity index (χ2n) is 6.15. The van der Waals surface area contributed by atoms with E-state index < -0.39 is 11.1 Å². The number of H-pyrrole nitrogens is 1. The third-order valence-corrected chi connectivity index (χ3v) is 5.23. The smallest absolute Gasteiger partial charge is 0.277 e. The lowest BCUT2D eigenvalue weighted by Gasteiger charge is -2.07. The van der Waals surface area contributed by atoms with Crippen LogP contribution in [0.5, 0.6) is 0 Å². The van der Waals surface area contributed by atoms with E-state index in [0.29, 0.717) is 5.56 Å². The summed E-state index contributed by atoms with van der Waals surface area (Å²) in [7, 11) is 0. The first-order valence-electron chi connectivity index (χ1n) is 8.41. The number of aromatic nitrogens is 3. The third-order valence-electron chi connectivity index (χ3n) is 4.30. The first-order valence-corrected chi connectivity index (χ1v) is 9.29. The summed E-state index contributed by atoms with van der Waals surface area (Å²) in [5.41, 5.74) is 2.66. The van der Waals surface area contributed by atoms with Crippen molar-refractivity contribution in [3.05, 3.63) is 65.6 Å². The molecule has 1 N–H and O–H groups in total. The number of para-hydroxylation sites is 1. The Morgan fingerprint density at radius 1 is 1.15 bits per heavy atom. The van der Waals surface area contributed by atoms with Crippen LogP contribution in [0.2, 0.25) is 0 Å². The van der Waals surface area contributed by atoms with Gasteiger partial charge in [-0.3, -0.25) is 4.79 Å². The Morgan fingerprint density at radius 3 is 2.70 bits per heavy atom. The van der Waals surface area contributed by atoms with Gasteiger partial charge in [-0.1, -0.05) is 42.1 Å². The van der Waals surface area contributed by atoms with Crippen molar-refractivity contribution in [3.63, 3.8) is 0 Å². The number of aryl methyl sites for hydroxylation is 1. The highest BCUT2D eigenvalue weighted by Crippen LogP contribution is 2.31. The number of nitrogens with one attached hydrogen (secondary N) is 1. The zero-order chi connectivity index (χ0) is 19.0.